The van der Waals surface area contributed by atoms with Gasteiger partial charge in [-0.05, 0) is 36.4 Å². The van der Waals surface area contributed by atoms with Gasteiger partial charge < -0.3 is 19.5 Å². The third-order valence-electron chi connectivity index (χ3n) is 3.21. The van der Waals surface area contributed by atoms with E-state index in [1.54, 1.807) is 18.2 Å². The van der Waals surface area contributed by atoms with Crippen molar-refractivity contribution in [3.8, 4) is 17.2 Å². The smallest absolute Gasteiger partial charge is 0.416 e. The van der Waals surface area contributed by atoms with Crippen molar-refractivity contribution in [3.05, 3.63) is 48.0 Å². The summed E-state index contributed by atoms with van der Waals surface area (Å²) in [5.74, 6) is 0.836. The van der Waals surface area contributed by atoms with Gasteiger partial charge >= 0.3 is 6.18 Å². The molecule has 0 fully saturated rings. The summed E-state index contributed by atoms with van der Waals surface area (Å²) in [7, 11) is 0. The monoisotopic (exact) mass is 339 g/mol. The Bertz CT molecular complexity index is 744. The fourth-order valence-electron chi connectivity index (χ4n) is 2.06. The van der Waals surface area contributed by atoms with Gasteiger partial charge in [0.1, 0.15) is 5.75 Å². The first-order valence-corrected chi connectivity index (χ1v) is 6.91. The highest BCUT2D eigenvalue weighted by Crippen LogP contribution is 2.34. The summed E-state index contributed by atoms with van der Waals surface area (Å²) in [6.45, 7) is -0.205. The fourth-order valence-corrected chi connectivity index (χ4v) is 2.06. The number of fused-ring (bicyclic) bond motifs is 1. The summed E-state index contributed by atoms with van der Waals surface area (Å²) in [4.78, 5) is 11.8. The van der Waals surface area contributed by atoms with Gasteiger partial charge in [0.25, 0.3) is 5.91 Å². The van der Waals surface area contributed by atoms with Crippen LogP contribution in [0.5, 0.6) is 17.2 Å². The Kier molecular flexibility index (Phi) is 4.20. The Balaban J connectivity index is 1.54. The minimum Gasteiger partial charge on any atom is -0.484 e. The highest BCUT2D eigenvalue weighted by atomic mass is 19.4. The Morgan fingerprint density at radius 3 is 2.50 bits per heavy atom. The zero-order chi connectivity index (χ0) is 17.2. The van der Waals surface area contributed by atoms with Gasteiger partial charge in [0.15, 0.2) is 18.1 Å². The third kappa shape index (κ3) is 3.70. The molecule has 24 heavy (non-hydrogen) atoms. The van der Waals surface area contributed by atoms with Crippen LogP contribution in [0.15, 0.2) is 42.5 Å². The molecule has 0 saturated carbocycles. The quantitative estimate of drug-likeness (QED) is 0.927. The molecule has 2 aromatic carbocycles. The van der Waals surface area contributed by atoms with Crippen LogP contribution in [0.2, 0.25) is 0 Å². The summed E-state index contributed by atoms with van der Waals surface area (Å²) in [6.07, 6.45) is -4.41. The lowest BCUT2D eigenvalue weighted by atomic mass is 10.2. The Hall–Kier alpha value is -2.90. The second-order valence-corrected chi connectivity index (χ2v) is 4.93. The van der Waals surface area contributed by atoms with Crippen molar-refractivity contribution in [3.63, 3.8) is 0 Å². The fraction of sp³-hybridized carbons (Fsp3) is 0.188. The summed E-state index contributed by atoms with van der Waals surface area (Å²) in [6, 6.07) is 9.03. The first-order chi connectivity index (χ1) is 11.4. The molecule has 1 N–H and O–H groups in total. The number of nitrogens with one attached hydrogen (secondary N) is 1. The number of rotatable bonds is 4. The number of ether oxygens (including phenoxy) is 3. The molecule has 8 heteroatoms. The van der Waals surface area contributed by atoms with Crippen molar-refractivity contribution in [2.75, 3.05) is 18.7 Å². The van der Waals surface area contributed by atoms with Crippen molar-refractivity contribution in [2.45, 2.75) is 6.18 Å². The molecule has 0 aromatic heterocycles. The van der Waals surface area contributed by atoms with E-state index in [0.29, 0.717) is 17.2 Å². The molecule has 126 valence electrons. The molecule has 0 radical (unpaired) electrons. The topological polar surface area (TPSA) is 56.8 Å². The number of carbonyl (C=O) groups is 1. The molecular formula is C16H12F3NO4. The maximum atomic E-state index is 12.4. The second kappa shape index (κ2) is 6.31. The van der Waals surface area contributed by atoms with E-state index in [-0.39, 0.29) is 19.1 Å². The molecule has 0 aliphatic carbocycles. The molecule has 1 amide bonds. The van der Waals surface area contributed by atoms with Crippen molar-refractivity contribution in [2.24, 2.45) is 0 Å². The normalized spacial score (nSPS) is 12.8. The van der Waals surface area contributed by atoms with Crippen LogP contribution in [0.25, 0.3) is 0 Å². The molecule has 1 aliphatic heterocycles. The number of anilines is 1. The Morgan fingerprint density at radius 1 is 1.08 bits per heavy atom. The van der Waals surface area contributed by atoms with Gasteiger partial charge in [0, 0.05) is 11.8 Å². The summed E-state index contributed by atoms with van der Waals surface area (Å²) >= 11 is 0. The van der Waals surface area contributed by atoms with E-state index >= 15 is 0 Å². The van der Waals surface area contributed by atoms with Gasteiger partial charge in [0.05, 0.1) is 5.56 Å². The predicted molar refractivity (Wildman–Crippen MR) is 78.1 cm³/mol. The maximum Gasteiger partial charge on any atom is 0.416 e. The van der Waals surface area contributed by atoms with E-state index in [1.807, 2.05) is 0 Å². The lowest BCUT2D eigenvalue weighted by Crippen LogP contribution is -2.20. The highest BCUT2D eigenvalue weighted by molar-refractivity contribution is 5.92. The van der Waals surface area contributed by atoms with Gasteiger partial charge in [-0.15, -0.1) is 0 Å². The number of alkyl halides is 3. The minimum atomic E-state index is -4.41. The standard InChI is InChI=1S/C16H12F3NO4/c17-16(18,19)10-1-4-12(5-2-10)22-8-15(21)20-11-3-6-13-14(7-11)24-9-23-13/h1-7H,8-9H2,(H,20,21). The Morgan fingerprint density at radius 2 is 1.79 bits per heavy atom. The zero-order valence-corrected chi connectivity index (χ0v) is 12.2. The van der Waals surface area contributed by atoms with Crippen LogP contribution in [0.1, 0.15) is 5.56 Å². The minimum absolute atomic E-state index is 0.129. The van der Waals surface area contributed by atoms with Crippen molar-refractivity contribution < 1.29 is 32.2 Å². The van der Waals surface area contributed by atoms with Crippen LogP contribution >= 0.6 is 0 Å². The molecule has 0 unspecified atom stereocenters. The van der Waals surface area contributed by atoms with Crippen LogP contribution < -0.4 is 19.5 Å². The van der Waals surface area contributed by atoms with Crippen LogP contribution in [-0.2, 0) is 11.0 Å². The molecule has 1 aliphatic rings. The predicted octanol–water partition coefficient (Wildman–Crippen LogP) is 3.45. The highest BCUT2D eigenvalue weighted by Gasteiger charge is 2.30. The number of hydrogen-bond donors (Lipinski definition) is 1. The molecule has 0 bridgehead atoms. The number of halogens is 3. The van der Waals surface area contributed by atoms with Gasteiger partial charge in [-0.3, -0.25) is 4.79 Å². The van der Waals surface area contributed by atoms with E-state index in [4.69, 9.17) is 14.2 Å². The first kappa shape index (κ1) is 16.0. The average molecular weight is 339 g/mol. The second-order valence-electron chi connectivity index (χ2n) is 4.93. The van der Waals surface area contributed by atoms with E-state index in [9.17, 15) is 18.0 Å². The summed E-state index contributed by atoms with van der Waals surface area (Å²) in [5.41, 5.74) is -0.278. The van der Waals surface area contributed by atoms with Gasteiger partial charge in [-0.2, -0.15) is 13.2 Å². The maximum absolute atomic E-state index is 12.4. The first-order valence-electron chi connectivity index (χ1n) is 6.91. The van der Waals surface area contributed by atoms with Crippen molar-refractivity contribution in [1.82, 2.24) is 0 Å². The average Bonchev–Trinajstić information content (AvgIpc) is 3.00. The van der Waals surface area contributed by atoms with Gasteiger partial charge in [0.2, 0.25) is 6.79 Å². The van der Waals surface area contributed by atoms with Crippen LogP contribution in [0.4, 0.5) is 18.9 Å². The van der Waals surface area contributed by atoms with Gasteiger partial charge in [-0.25, -0.2) is 0 Å². The Labute approximate surface area is 134 Å². The zero-order valence-electron chi connectivity index (χ0n) is 12.2. The molecule has 0 saturated heterocycles. The molecule has 3 rings (SSSR count). The van der Waals surface area contributed by atoms with Crippen molar-refractivity contribution in [1.29, 1.82) is 0 Å². The number of amides is 1. The summed E-state index contributed by atoms with van der Waals surface area (Å²) < 4.78 is 52.9. The molecular weight excluding hydrogens is 327 g/mol. The number of carbonyl (C=O) groups excluding carboxylic acids is 1. The SMILES string of the molecule is O=C(COc1ccc(C(F)(F)F)cc1)Nc1ccc2c(c1)OCO2. The van der Waals surface area contributed by atoms with Crippen LogP contribution in [0.3, 0.4) is 0 Å². The lowest BCUT2D eigenvalue weighted by molar-refractivity contribution is -0.137. The molecule has 1 heterocycles. The summed E-state index contributed by atoms with van der Waals surface area (Å²) in [5, 5.41) is 2.60. The molecule has 0 atom stereocenters. The van der Waals surface area contributed by atoms with E-state index in [0.717, 1.165) is 24.3 Å². The van der Waals surface area contributed by atoms with Crippen molar-refractivity contribution >= 4 is 11.6 Å². The van der Waals surface area contributed by atoms with E-state index in [2.05, 4.69) is 5.32 Å². The largest absolute Gasteiger partial charge is 0.484 e. The number of hydrogen-bond acceptors (Lipinski definition) is 4. The number of benzene rings is 2. The van der Waals surface area contributed by atoms with Crippen LogP contribution in [-0.4, -0.2) is 19.3 Å². The molecule has 2 aromatic rings. The third-order valence-corrected chi connectivity index (χ3v) is 3.21. The molecule has 5 nitrogen and oxygen atoms in total. The van der Waals surface area contributed by atoms with Crippen LogP contribution in [0, 0.1) is 0 Å². The van der Waals surface area contributed by atoms with E-state index in [1.165, 1.54) is 0 Å². The molecule has 0 spiro atoms. The lowest BCUT2D eigenvalue weighted by Gasteiger charge is -2.10. The van der Waals surface area contributed by atoms with E-state index < -0.39 is 17.6 Å². The van der Waals surface area contributed by atoms with Gasteiger partial charge in [-0.1, -0.05) is 0 Å².